The van der Waals surface area contributed by atoms with Crippen LogP contribution < -0.4 is 20.3 Å². The first kappa shape index (κ1) is 30.6. The number of unbranched alkanes of at least 4 members (excludes halogenated alkanes) is 1. The molecular weight excluding hydrogens is 574 g/mol. The number of carbonyl (C=O) groups excluding carboxylic acids is 1. The van der Waals surface area contributed by atoms with E-state index in [9.17, 15) is 4.79 Å². The first-order chi connectivity index (χ1) is 21.4. The third-order valence-corrected chi connectivity index (χ3v) is 9.68. The molecule has 6 rings (SSSR count). The van der Waals surface area contributed by atoms with Gasteiger partial charge in [0.2, 0.25) is 5.91 Å². The summed E-state index contributed by atoms with van der Waals surface area (Å²) in [7, 11) is 2.16. The number of halogens is 1. The van der Waals surface area contributed by atoms with E-state index < -0.39 is 0 Å². The van der Waals surface area contributed by atoms with E-state index in [0.29, 0.717) is 51.3 Å². The Morgan fingerprint density at radius 2 is 1.93 bits per heavy atom. The van der Waals surface area contributed by atoms with E-state index in [-0.39, 0.29) is 11.9 Å². The second-order valence-electron chi connectivity index (χ2n) is 12.4. The van der Waals surface area contributed by atoms with Crippen LogP contribution in [-0.4, -0.2) is 91.2 Å². The van der Waals surface area contributed by atoms with Crippen LogP contribution in [0.15, 0.2) is 49.1 Å². The molecule has 10 heteroatoms. The summed E-state index contributed by atoms with van der Waals surface area (Å²) < 4.78 is 6.34. The van der Waals surface area contributed by atoms with Gasteiger partial charge < -0.3 is 30.1 Å². The molecule has 0 radical (unpaired) electrons. The van der Waals surface area contributed by atoms with Gasteiger partial charge in [0.05, 0.1) is 23.9 Å². The van der Waals surface area contributed by atoms with Crippen molar-refractivity contribution in [3.8, 4) is 6.01 Å². The van der Waals surface area contributed by atoms with Crippen LogP contribution in [0.3, 0.4) is 0 Å². The van der Waals surface area contributed by atoms with Crippen LogP contribution in [0, 0.1) is 5.92 Å². The first-order valence-electron chi connectivity index (χ1n) is 16.0. The molecule has 0 spiro atoms. The van der Waals surface area contributed by atoms with E-state index in [1.807, 2.05) is 17.0 Å². The van der Waals surface area contributed by atoms with Crippen LogP contribution in [0.5, 0.6) is 6.01 Å². The fourth-order valence-electron chi connectivity index (χ4n) is 7.04. The number of piperazine rings is 1. The molecule has 2 N–H and O–H groups in total. The monoisotopic (exact) mass is 617 g/mol. The number of likely N-dealkylation sites (tertiary alicyclic amines) is 1. The lowest BCUT2D eigenvalue weighted by Gasteiger charge is -2.43. The van der Waals surface area contributed by atoms with Crippen LogP contribution >= 0.6 is 11.6 Å². The molecule has 2 atom stereocenters. The number of rotatable bonds is 10. The predicted molar refractivity (Wildman–Crippen MR) is 178 cm³/mol. The number of amides is 1. The van der Waals surface area contributed by atoms with Gasteiger partial charge in [-0.2, -0.15) is 9.97 Å². The minimum absolute atomic E-state index is 0.0120. The number of hydrogen-bond donors (Lipinski definition) is 1. The van der Waals surface area contributed by atoms with Crippen molar-refractivity contribution in [2.24, 2.45) is 11.7 Å². The van der Waals surface area contributed by atoms with Crippen molar-refractivity contribution in [3.05, 3.63) is 65.3 Å². The zero-order chi connectivity index (χ0) is 30.6. The molecule has 0 saturated carbocycles. The van der Waals surface area contributed by atoms with Crippen LogP contribution in [0.4, 0.5) is 11.5 Å². The number of aromatic nitrogens is 2. The minimum atomic E-state index is -0.0120. The largest absolute Gasteiger partial charge is 0.463 e. The lowest BCUT2D eigenvalue weighted by Crippen LogP contribution is -2.55. The number of nitrogens with zero attached hydrogens (tertiary/aromatic N) is 6. The van der Waals surface area contributed by atoms with Crippen molar-refractivity contribution in [2.75, 3.05) is 69.3 Å². The molecule has 0 bridgehead atoms. The Labute approximate surface area is 265 Å². The predicted octanol–water partition coefficient (Wildman–Crippen LogP) is 4.51. The van der Waals surface area contributed by atoms with Crippen LogP contribution in [-0.2, 0) is 17.8 Å². The molecule has 3 aliphatic rings. The fourth-order valence-corrected chi connectivity index (χ4v) is 7.32. The molecule has 3 aliphatic heterocycles. The van der Waals surface area contributed by atoms with Crippen LogP contribution in [0.25, 0.3) is 10.8 Å². The standard InChI is InChI=1S/C34H44ClN7O2/c1-3-31(43)42-19-18-41(21-26(42)10-4-5-15-36)33-27-14-17-40(30-12-7-9-25-8-6-11-28(35)32(25)30)22-29(27)37-34(38-33)44-23-24-13-16-39(2)20-24/h3,6-9,11-12,24,26H,1,4-5,10,13-23,36H2,2H3/t24-,26+/m1/s1. The van der Waals surface area contributed by atoms with Crippen LogP contribution in [0.2, 0.25) is 5.02 Å². The van der Waals surface area contributed by atoms with Crippen molar-refractivity contribution in [3.63, 3.8) is 0 Å². The van der Waals surface area contributed by atoms with E-state index in [2.05, 4.69) is 52.6 Å². The maximum absolute atomic E-state index is 12.8. The zero-order valence-corrected chi connectivity index (χ0v) is 26.5. The third-order valence-electron chi connectivity index (χ3n) is 9.36. The number of benzene rings is 2. The molecule has 1 aromatic heterocycles. The minimum Gasteiger partial charge on any atom is -0.463 e. The van der Waals surface area contributed by atoms with E-state index in [1.165, 1.54) is 11.6 Å². The second kappa shape index (κ2) is 13.7. The lowest BCUT2D eigenvalue weighted by molar-refractivity contribution is -0.128. The number of fused-ring (bicyclic) bond motifs is 2. The van der Waals surface area contributed by atoms with E-state index >= 15 is 0 Å². The molecule has 0 aliphatic carbocycles. The highest BCUT2D eigenvalue weighted by Crippen LogP contribution is 2.37. The van der Waals surface area contributed by atoms with Gasteiger partial charge in [-0.05, 0) is 69.4 Å². The number of anilines is 2. The number of hydrogen-bond acceptors (Lipinski definition) is 8. The molecule has 3 aromatic rings. The number of carbonyl (C=O) groups is 1. The molecule has 234 valence electrons. The second-order valence-corrected chi connectivity index (χ2v) is 12.8. The fraction of sp³-hybridized carbons (Fsp3) is 0.500. The van der Waals surface area contributed by atoms with Gasteiger partial charge in [-0.1, -0.05) is 48.9 Å². The summed E-state index contributed by atoms with van der Waals surface area (Å²) in [6.45, 7) is 10.6. The maximum atomic E-state index is 12.8. The summed E-state index contributed by atoms with van der Waals surface area (Å²) in [4.78, 5) is 31.9. The summed E-state index contributed by atoms with van der Waals surface area (Å²) >= 11 is 6.73. The Bertz CT molecular complexity index is 1490. The van der Waals surface area contributed by atoms with E-state index in [1.54, 1.807) is 0 Å². The average molecular weight is 618 g/mol. The Balaban J connectivity index is 1.31. The summed E-state index contributed by atoms with van der Waals surface area (Å²) in [5.41, 5.74) is 9.08. The van der Waals surface area contributed by atoms with Crippen molar-refractivity contribution in [1.29, 1.82) is 0 Å². The van der Waals surface area contributed by atoms with Crippen molar-refractivity contribution >= 4 is 39.8 Å². The van der Waals surface area contributed by atoms with Gasteiger partial charge in [-0.3, -0.25) is 4.79 Å². The molecule has 2 aromatic carbocycles. The summed E-state index contributed by atoms with van der Waals surface area (Å²) in [5, 5.41) is 2.95. The molecule has 9 nitrogen and oxygen atoms in total. The third kappa shape index (κ3) is 6.50. The molecule has 2 fully saturated rings. The van der Waals surface area contributed by atoms with Gasteiger partial charge in [-0.15, -0.1) is 0 Å². The van der Waals surface area contributed by atoms with Gasteiger partial charge >= 0.3 is 6.01 Å². The van der Waals surface area contributed by atoms with E-state index in [0.717, 1.165) is 84.7 Å². The topological polar surface area (TPSA) is 91.1 Å². The van der Waals surface area contributed by atoms with Gasteiger partial charge in [0, 0.05) is 61.3 Å². The molecule has 44 heavy (non-hydrogen) atoms. The maximum Gasteiger partial charge on any atom is 0.318 e. The average Bonchev–Trinajstić information content (AvgIpc) is 3.47. The molecule has 2 saturated heterocycles. The highest BCUT2D eigenvalue weighted by Gasteiger charge is 2.33. The molecule has 0 unspecified atom stereocenters. The van der Waals surface area contributed by atoms with E-state index in [4.69, 9.17) is 32.0 Å². The SMILES string of the molecule is C=CC(=O)N1CCN(c2nc(OC[C@@H]3CCN(C)C3)nc3c2CCN(c2cccc4cccc(Cl)c24)C3)C[C@@H]1CCCCN. The normalized spacial score (nSPS) is 20.7. The van der Waals surface area contributed by atoms with Gasteiger partial charge in [0.25, 0.3) is 0 Å². The molecular formula is C34H44ClN7O2. The molecule has 1 amide bonds. The number of ether oxygens (including phenoxy) is 1. The van der Waals surface area contributed by atoms with Gasteiger partial charge in [0.15, 0.2) is 0 Å². The Hall–Kier alpha value is -3.40. The first-order valence-corrected chi connectivity index (χ1v) is 16.3. The smallest absolute Gasteiger partial charge is 0.318 e. The summed E-state index contributed by atoms with van der Waals surface area (Å²) in [5.74, 6) is 1.40. The molecule has 4 heterocycles. The number of nitrogens with two attached hydrogens (primary N) is 1. The Morgan fingerprint density at radius 1 is 1.09 bits per heavy atom. The van der Waals surface area contributed by atoms with Crippen molar-refractivity contribution < 1.29 is 9.53 Å². The summed E-state index contributed by atoms with van der Waals surface area (Å²) in [6.07, 6.45) is 6.17. The van der Waals surface area contributed by atoms with Gasteiger partial charge in [0.1, 0.15) is 5.82 Å². The quantitative estimate of drug-likeness (QED) is 0.263. The van der Waals surface area contributed by atoms with Crippen molar-refractivity contribution in [2.45, 2.75) is 44.7 Å². The lowest BCUT2D eigenvalue weighted by atomic mass is 10.0. The highest BCUT2D eigenvalue weighted by molar-refractivity contribution is 6.36. The van der Waals surface area contributed by atoms with Crippen LogP contribution in [0.1, 0.15) is 36.9 Å². The summed E-state index contributed by atoms with van der Waals surface area (Å²) in [6, 6.07) is 12.9. The van der Waals surface area contributed by atoms with Crippen molar-refractivity contribution in [1.82, 2.24) is 19.8 Å². The zero-order valence-electron chi connectivity index (χ0n) is 25.8. The highest BCUT2D eigenvalue weighted by atomic mass is 35.5. The Kier molecular flexibility index (Phi) is 9.54. The Morgan fingerprint density at radius 3 is 2.70 bits per heavy atom. The van der Waals surface area contributed by atoms with Gasteiger partial charge in [-0.25, -0.2) is 0 Å².